The van der Waals surface area contributed by atoms with E-state index in [1.54, 1.807) is 0 Å². The average Bonchev–Trinajstić information content (AvgIpc) is 2.95. The van der Waals surface area contributed by atoms with Crippen molar-refractivity contribution in [2.75, 3.05) is 12.8 Å². The van der Waals surface area contributed by atoms with Gasteiger partial charge in [-0.05, 0) is 49.6 Å². The molecule has 1 heterocycles. The Bertz CT molecular complexity index is 1080. The summed E-state index contributed by atoms with van der Waals surface area (Å²) in [7, 11) is 1.41. The van der Waals surface area contributed by atoms with Crippen molar-refractivity contribution in [3.63, 3.8) is 0 Å². The van der Waals surface area contributed by atoms with E-state index in [0.717, 1.165) is 50.3 Å². The van der Waals surface area contributed by atoms with Crippen molar-refractivity contribution in [3.05, 3.63) is 69.9 Å². The highest BCUT2D eigenvalue weighted by molar-refractivity contribution is 6.01. The summed E-state index contributed by atoms with van der Waals surface area (Å²) in [5.41, 5.74) is 16.4. The third-order valence-electron chi connectivity index (χ3n) is 5.13. The molecule has 0 spiro atoms. The number of methoxy groups -OCH3 is 1. The summed E-state index contributed by atoms with van der Waals surface area (Å²) in [6.07, 6.45) is 0.704. The quantitative estimate of drug-likeness (QED) is 0.420. The van der Waals surface area contributed by atoms with Gasteiger partial charge in [-0.25, -0.2) is 4.79 Å². The molecule has 0 fully saturated rings. The number of nitrogens with two attached hydrogens (primary N) is 1. The summed E-state index contributed by atoms with van der Waals surface area (Å²) < 4.78 is 5.10. The van der Waals surface area contributed by atoms with Crippen molar-refractivity contribution in [1.29, 1.82) is 0 Å². The fraction of sp³-hybridized carbons (Fsp3) is 0.217. The molecule has 0 radical (unpaired) electrons. The number of hydrogen-bond donors (Lipinski definition) is 1. The van der Waals surface area contributed by atoms with Crippen molar-refractivity contribution >= 4 is 11.7 Å². The standard InChI is InChI=1S/C23H22N2O2/c1-12-7-13(2)9-16(8-12)21-19-11-15-10-17(24)5-6-18(15)22(19)25-14(3)20(21)23(26)27-4/h5-10H,11,24H2,1-4H3. The van der Waals surface area contributed by atoms with Crippen LogP contribution in [0.15, 0.2) is 36.4 Å². The van der Waals surface area contributed by atoms with Crippen LogP contribution in [-0.2, 0) is 11.2 Å². The smallest absolute Gasteiger partial charge is 0.340 e. The van der Waals surface area contributed by atoms with Gasteiger partial charge in [0, 0.05) is 23.2 Å². The number of nitrogens with zero attached hydrogens (tertiary/aromatic N) is 1. The van der Waals surface area contributed by atoms with Gasteiger partial charge in [0.2, 0.25) is 0 Å². The van der Waals surface area contributed by atoms with E-state index in [4.69, 9.17) is 15.5 Å². The number of carbonyl (C=O) groups excluding carboxylic acids is 1. The second-order valence-electron chi connectivity index (χ2n) is 7.24. The van der Waals surface area contributed by atoms with Crippen LogP contribution in [0.4, 0.5) is 5.69 Å². The van der Waals surface area contributed by atoms with E-state index >= 15 is 0 Å². The average molecular weight is 358 g/mol. The third kappa shape index (κ3) is 2.78. The highest BCUT2D eigenvalue weighted by atomic mass is 16.5. The molecule has 1 aromatic heterocycles. The summed E-state index contributed by atoms with van der Waals surface area (Å²) in [4.78, 5) is 17.4. The maximum atomic E-state index is 12.6. The molecule has 0 amide bonds. The summed E-state index contributed by atoms with van der Waals surface area (Å²) in [5, 5.41) is 0. The number of rotatable bonds is 2. The van der Waals surface area contributed by atoms with Gasteiger partial charge in [0.05, 0.1) is 24.1 Å². The van der Waals surface area contributed by atoms with Crippen molar-refractivity contribution < 1.29 is 9.53 Å². The Kier molecular flexibility index (Phi) is 3.99. The number of aryl methyl sites for hydroxylation is 3. The molecule has 0 saturated heterocycles. The number of benzene rings is 2. The first-order valence-corrected chi connectivity index (χ1v) is 8.98. The molecule has 27 heavy (non-hydrogen) atoms. The van der Waals surface area contributed by atoms with Crippen LogP contribution in [0.5, 0.6) is 0 Å². The van der Waals surface area contributed by atoms with E-state index < -0.39 is 0 Å². The number of pyridine rings is 1. The number of fused-ring (bicyclic) bond motifs is 3. The Balaban J connectivity index is 2.07. The summed E-state index contributed by atoms with van der Waals surface area (Å²) >= 11 is 0. The molecule has 4 nitrogen and oxygen atoms in total. The number of esters is 1. The minimum absolute atomic E-state index is 0.354. The van der Waals surface area contributed by atoms with E-state index in [-0.39, 0.29) is 5.97 Å². The van der Waals surface area contributed by atoms with Gasteiger partial charge in [-0.1, -0.05) is 35.4 Å². The van der Waals surface area contributed by atoms with Crippen LogP contribution in [0.2, 0.25) is 0 Å². The number of ether oxygens (including phenoxy) is 1. The summed E-state index contributed by atoms with van der Waals surface area (Å²) in [6, 6.07) is 12.3. The van der Waals surface area contributed by atoms with Crippen molar-refractivity contribution in [1.82, 2.24) is 4.98 Å². The van der Waals surface area contributed by atoms with Crippen LogP contribution < -0.4 is 5.73 Å². The van der Waals surface area contributed by atoms with Gasteiger partial charge in [0.25, 0.3) is 0 Å². The van der Waals surface area contributed by atoms with E-state index in [1.807, 2.05) is 25.1 Å². The Morgan fingerprint density at radius 3 is 2.44 bits per heavy atom. The first-order chi connectivity index (χ1) is 12.9. The van der Waals surface area contributed by atoms with Crippen LogP contribution in [0.25, 0.3) is 22.4 Å². The SMILES string of the molecule is COC(=O)c1c(C)nc2c(c1-c1cc(C)cc(C)c1)Cc1cc(N)ccc1-2. The Morgan fingerprint density at radius 1 is 1.07 bits per heavy atom. The zero-order chi connectivity index (χ0) is 19.3. The lowest BCUT2D eigenvalue weighted by Gasteiger charge is -2.17. The highest BCUT2D eigenvalue weighted by Gasteiger charge is 2.29. The monoisotopic (exact) mass is 358 g/mol. The molecule has 0 atom stereocenters. The largest absolute Gasteiger partial charge is 0.465 e. The Labute approximate surface area is 159 Å². The molecule has 1 aliphatic rings. The summed E-state index contributed by atoms with van der Waals surface area (Å²) in [6.45, 7) is 6.00. The molecule has 136 valence electrons. The topological polar surface area (TPSA) is 65.2 Å². The highest BCUT2D eigenvalue weighted by Crippen LogP contribution is 2.43. The first-order valence-electron chi connectivity index (χ1n) is 8.98. The Hall–Kier alpha value is -3.14. The zero-order valence-electron chi connectivity index (χ0n) is 16.0. The van der Waals surface area contributed by atoms with Crippen molar-refractivity contribution in [2.45, 2.75) is 27.2 Å². The van der Waals surface area contributed by atoms with Crippen LogP contribution in [-0.4, -0.2) is 18.1 Å². The second kappa shape index (κ2) is 6.23. The number of nitrogen functional groups attached to an aromatic ring is 1. The molecular formula is C23H22N2O2. The number of hydrogen-bond acceptors (Lipinski definition) is 4. The molecule has 3 aromatic rings. The molecule has 4 heteroatoms. The van der Waals surface area contributed by atoms with Gasteiger partial charge in [0.15, 0.2) is 0 Å². The van der Waals surface area contributed by atoms with Crippen LogP contribution >= 0.6 is 0 Å². The molecule has 0 aliphatic heterocycles. The predicted molar refractivity (Wildman–Crippen MR) is 108 cm³/mol. The van der Waals surface area contributed by atoms with E-state index in [2.05, 4.69) is 32.0 Å². The van der Waals surface area contributed by atoms with E-state index in [0.29, 0.717) is 17.7 Å². The fourth-order valence-electron chi connectivity index (χ4n) is 4.11. The molecular weight excluding hydrogens is 336 g/mol. The van der Waals surface area contributed by atoms with Gasteiger partial charge in [-0.15, -0.1) is 0 Å². The van der Waals surface area contributed by atoms with Crippen molar-refractivity contribution in [3.8, 4) is 22.4 Å². The first kappa shape index (κ1) is 17.3. The zero-order valence-corrected chi connectivity index (χ0v) is 16.0. The van der Waals surface area contributed by atoms with E-state index in [9.17, 15) is 4.79 Å². The molecule has 0 saturated carbocycles. The Morgan fingerprint density at radius 2 is 1.78 bits per heavy atom. The van der Waals surface area contributed by atoms with Gasteiger partial charge >= 0.3 is 5.97 Å². The molecule has 0 bridgehead atoms. The number of anilines is 1. The number of aromatic nitrogens is 1. The molecule has 4 rings (SSSR count). The lowest BCUT2D eigenvalue weighted by molar-refractivity contribution is 0.0600. The molecule has 2 aromatic carbocycles. The fourth-order valence-corrected chi connectivity index (χ4v) is 4.11. The van der Waals surface area contributed by atoms with Crippen LogP contribution in [0.1, 0.15) is 38.3 Å². The maximum Gasteiger partial charge on any atom is 0.340 e. The van der Waals surface area contributed by atoms with Gasteiger partial charge in [0.1, 0.15) is 0 Å². The normalized spacial score (nSPS) is 11.9. The van der Waals surface area contributed by atoms with Gasteiger partial charge in [-0.3, -0.25) is 4.98 Å². The molecule has 1 aliphatic carbocycles. The minimum Gasteiger partial charge on any atom is -0.465 e. The molecule has 2 N–H and O–H groups in total. The third-order valence-corrected chi connectivity index (χ3v) is 5.13. The van der Waals surface area contributed by atoms with Crippen molar-refractivity contribution in [2.24, 2.45) is 0 Å². The lowest BCUT2D eigenvalue weighted by atomic mass is 9.90. The number of carbonyl (C=O) groups is 1. The summed E-state index contributed by atoms with van der Waals surface area (Å²) in [5.74, 6) is -0.354. The van der Waals surface area contributed by atoms with Crippen LogP contribution in [0.3, 0.4) is 0 Å². The second-order valence-corrected chi connectivity index (χ2v) is 7.24. The van der Waals surface area contributed by atoms with Gasteiger partial charge in [-0.2, -0.15) is 0 Å². The predicted octanol–water partition coefficient (Wildman–Crippen LogP) is 4.61. The lowest BCUT2D eigenvalue weighted by Crippen LogP contribution is -2.10. The maximum absolute atomic E-state index is 12.6. The van der Waals surface area contributed by atoms with Crippen LogP contribution in [0, 0.1) is 20.8 Å². The molecule has 0 unspecified atom stereocenters. The van der Waals surface area contributed by atoms with E-state index in [1.165, 1.54) is 7.11 Å². The van der Waals surface area contributed by atoms with Gasteiger partial charge < -0.3 is 10.5 Å². The minimum atomic E-state index is -0.354.